The van der Waals surface area contributed by atoms with Crippen LogP contribution in [0.15, 0.2) is 18.7 Å². The Hall–Kier alpha value is -2.18. The number of nitrogens with one attached hydrogen (secondary N) is 1. The summed E-state index contributed by atoms with van der Waals surface area (Å²) >= 11 is 0. The van der Waals surface area contributed by atoms with Crippen molar-refractivity contribution >= 4 is 17.8 Å². The molecule has 1 aliphatic rings. The Bertz CT molecular complexity index is 440. The smallest absolute Gasteiger partial charge is 0.331 e. The van der Waals surface area contributed by atoms with Gasteiger partial charge in [0.05, 0.1) is 6.33 Å². The molecule has 0 unspecified atom stereocenters. The average Bonchev–Trinajstić information content (AvgIpc) is 2.87. The minimum Gasteiger partial charge on any atom is -0.337 e. The second-order valence-corrected chi connectivity index (χ2v) is 3.72. The van der Waals surface area contributed by atoms with Crippen molar-refractivity contribution in [3.63, 3.8) is 0 Å². The molecule has 2 rings (SSSR count). The van der Waals surface area contributed by atoms with E-state index in [-0.39, 0.29) is 6.54 Å². The van der Waals surface area contributed by atoms with Crippen LogP contribution in [0.3, 0.4) is 0 Å². The third kappa shape index (κ3) is 2.49. The van der Waals surface area contributed by atoms with Crippen molar-refractivity contribution in [1.29, 1.82) is 0 Å². The third-order valence-electron chi connectivity index (χ3n) is 2.51. The van der Waals surface area contributed by atoms with E-state index in [0.717, 1.165) is 17.9 Å². The quantitative estimate of drug-likeness (QED) is 0.433. The number of aryl methyl sites for hydroxylation is 1. The number of amides is 4. The van der Waals surface area contributed by atoms with E-state index in [2.05, 4.69) is 4.98 Å². The molecule has 4 amide bonds. The number of hydrogen-bond donors (Lipinski definition) is 1. The highest BCUT2D eigenvalue weighted by atomic mass is 16.2. The minimum absolute atomic E-state index is 0.269. The summed E-state index contributed by atoms with van der Waals surface area (Å²) in [7, 11) is 0. The molecule has 2 heterocycles. The number of carbonyl (C=O) groups excluding carboxylic acids is 3. The molecule has 0 atom stereocenters. The lowest BCUT2D eigenvalue weighted by molar-refractivity contribution is -0.140. The number of carbonyl (C=O) groups is 3. The van der Waals surface area contributed by atoms with Crippen LogP contribution in [0.1, 0.15) is 12.8 Å². The van der Waals surface area contributed by atoms with Crippen LogP contribution in [0.25, 0.3) is 0 Å². The molecule has 1 aromatic heterocycles. The molecule has 17 heavy (non-hydrogen) atoms. The summed E-state index contributed by atoms with van der Waals surface area (Å²) in [6.45, 7) is 1.04. The van der Waals surface area contributed by atoms with Gasteiger partial charge in [-0.1, -0.05) is 0 Å². The second-order valence-electron chi connectivity index (χ2n) is 3.72. The van der Waals surface area contributed by atoms with Crippen molar-refractivity contribution in [2.45, 2.75) is 19.4 Å². The maximum Gasteiger partial charge on any atom is 0.331 e. The maximum atomic E-state index is 11.2. The second kappa shape index (κ2) is 4.77. The third-order valence-corrected chi connectivity index (χ3v) is 2.51. The SMILES string of the molecule is O=C1NC(=O)N(CCCCn2ccnc2)C1=O. The molecule has 1 aliphatic heterocycles. The lowest BCUT2D eigenvalue weighted by Gasteiger charge is -2.10. The Morgan fingerprint density at radius 1 is 1.18 bits per heavy atom. The van der Waals surface area contributed by atoms with Crippen molar-refractivity contribution < 1.29 is 14.4 Å². The predicted octanol–water partition coefficient (Wildman–Crippen LogP) is -0.258. The summed E-state index contributed by atoms with van der Waals surface area (Å²) in [4.78, 5) is 38.1. The van der Waals surface area contributed by atoms with E-state index < -0.39 is 17.8 Å². The fourth-order valence-corrected chi connectivity index (χ4v) is 1.62. The number of imidazole rings is 1. The summed E-state index contributed by atoms with van der Waals surface area (Å²) in [5.41, 5.74) is 0. The van der Waals surface area contributed by atoms with Crippen LogP contribution in [-0.2, 0) is 16.1 Å². The summed E-state index contributed by atoms with van der Waals surface area (Å²) in [6.07, 6.45) is 6.71. The Labute approximate surface area is 97.4 Å². The van der Waals surface area contributed by atoms with Gasteiger partial charge in [-0.3, -0.25) is 19.8 Å². The van der Waals surface area contributed by atoms with Gasteiger partial charge in [0.2, 0.25) is 0 Å². The molecule has 7 heteroatoms. The molecule has 1 aromatic rings. The van der Waals surface area contributed by atoms with Gasteiger partial charge in [0.25, 0.3) is 0 Å². The van der Waals surface area contributed by atoms with E-state index in [4.69, 9.17) is 0 Å². The van der Waals surface area contributed by atoms with Gasteiger partial charge in [-0.25, -0.2) is 9.78 Å². The highest BCUT2D eigenvalue weighted by molar-refractivity contribution is 6.44. The largest absolute Gasteiger partial charge is 0.337 e. The highest BCUT2D eigenvalue weighted by Gasteiger charge is 2.35. The number of nitrogens with zero attached hydrogens (tertiary/aromatic N) is 3. The van der Waals surface area contributed by atoms with Crippen LogP contribution >= 0.6 is 0 Å². The van der Waals surface area contributed by atoms with Crippen molar-refractivity contribution in [1.82, 2.24) is 19.8 Å². The first-order chi connectivity index (χ1) is 8.18. The van der Waals surface area contributed by atoms with E-state index in [0.29, 0.717) is 6.42 Å². The van der Waals surface area contributed by atoms with Gasteiger partial charge < -0.3 is 4.57 Å². The molecule has 7 nitrogen and oxygen atoms in total. The van der Waals surface area contributed by atoms with Gasteiger partial charge in [-0.15, -0.1) is 0 Å². The zero-order chi connectivity index (χ0) is 12.3. The van der Waals surface area contributed by atoms with Crippen LogP contribution in [-0.4, -0.2) is 38.8 Å². The molecular weight excluding hydrogens is 224 g/mol. The average molecular weight is 236 g/mol. The summed E-state index contributed by atoms with van der Waals surface area (Å²) in [6, 6.07) is -0.623. The lowest BCUT2D eigenvalue weighted by Crippen LogP contribution is -2.32. The first-order valence-electron chi connectivity index (χ1n) is 5.31. The fourth-order valence-electron chi connectivity index (χ4n) is 1.62. The van der Waals surface area contributed by atoms with Gasteiger partial charge in [-0.05, 0) is 12.8 Å². The van der Waals surface area contributed by atoms with Crippen LogP contribution in [0.2, 0.25) is 0 Å². The standard InChI is InChI=1S/C10H12N4O3/c15-8-9(16)14(10(17)12-8)5-2-1-4-13-6-3-11-7-13/h3,6-7H,1-2,4-5H2,(H,12,15,17). The molecule has 0 radical (unpaired) electrons. The number of hydrogen-bond acceptors (Lipinski definition) is 4. The highest BCUT2D eigenvalue weighted by Crippen LogP contribution is 2.04. The van der Waals surface area contributed by atoms with Gasteiger partial charge in [-0.2, -0.15) is 0 Å². The van der Waals surface area contributed by atoms with Crippen LogP contribution in [0.4, 0.5) is 4.79 Å². The molecule has 1 N–H and O–H groups in total. The number of imide groups is 2. The van der Waals surface area contributed by atoms with E-state index in [1.807, 2.05) is 16.1 Å². The Balaban J connectivity index is 1.73. The molecule has 90 valence electrons. The van der Waals surface area contributed by atoms with Gasteiger partial charge in [0, 0.05) is 25.5 Å². The van der Waals surface area contributed by atoms with Crippen molar-refractivity contribution in [3.8, 4) is 0 Å². The lowest BCUT2D eigenvalue weighted by atomic mass is 10.3. The fraction of sp³-hybridized carbons (Fsp3) is 0.400. The van der Waals surface area contributed by atoms with E-state index >= 15 is 0 Å². The maximum absolute atomic E-state index is 11.2. The Morgan fingerprint density at radius 2 is 1.94 bits per heavy atom. The molecule has 0 aliphatic carbocycles. The van der Waals surface area contributed by atoms with E-state index in [9.17, 15) is 14.4 Å². The van der Waals surface area contributed by atoms with Gasteiger partial charge in [0.15, 0.2) is 0 Å². The van der Waals surface area contributed by atoms with Crippen molar-refractivity contribution in [3.05, 3.63) is 18.7 Å². The first kappa shape index (κ1) is 11.3. The number of unbranched alkanes of at least 4 members (excludes halogenated alkanes) is 1. The molecular formula is C10H12N4O3. The Kier molecular flexibility index (Phi) is 3.17. The first-order valence-corrected chi connectivity index (χ1v) is 5.31. The van der Waals surface area contributed by atoms with Gasteiger partial charge in [0.1, 0.15) is 0 Å². The summed E-state index contributed by atoms with van der Waals surface area (Å²) in [5, 5.41) is 1.95. The van der Waals surface area contributed by atoms with Crippen LogP contribution in [0, 0.1) is 0 Å². The summed E-state index contributed by atoms with van der Waals surface area (Å²) in [5.74, 6) is -1.61. The van der Waals surface area contributed by atoms with Gasteiger partial charge >= 0.3 is 17.8 Å². The molecule has 0 aromatic carbocycles. The van der Waals surface area contributed by atoms with Crippen molar-refractivity contribution in [2.75, 3.05) is 6.54 Å². The topological polar surface area (TPSA) is 84.3 Å². The van der Waals surface area contributed by atoms with Crippen molar-refractivity contribution in [2.24, 2.45) is 0 Å². The predicted molar refractivity (Wildman–Crippen MR) is 56.7 cm³/mol. The van der Waals surface area contributed by atoms with Crippen LogP contribution in [0.5, 0.6) is 0 Å². The minimum atomic E-state index is -0.843. The van der Waals surface area contributed by atoms with Crippen LogP contribution < -0.4 is 5.32 Å². The normalized spacial score (nSPS) is 15.5. The molecule has 1 saturated heterocycles. The summed E-state index contributed by atoms with van der Waals surface area (Å²) < 4.78 is 1.91. The number of aromatic nitrogens is 2. The molecule has 0 bridgehead atoms. The number of rotatable bonds is 5. The monoisotopic (exact) mass is 236 g/mol. The number of urea groups is 1. The molecule has 1 fully saturated rings. The van der Waals surface area contributed by atoms with E-state index in [1.54, 1.807) is 12.5 Å². The zero-order valence-electron chi connectivity index (χ0n) is 9.13. The Morgan fingerprint density at radius 3 is 2.53 bits per heavy atom. The zero-order valence-corrected chi connectivity index (χ0v) is 9.13. The molecule has 0 saturated carbocycles. The molecule has 0 spiro atoms. The van der Waals surface area contributed by atoms with E-state index in [1.165, 1.54) is 0 Å².